The van der Waals surface area contributed by atoms with Crippen LogP contribution in [0.1, 0.15) is 66.7 Å². The fourth-order valence-electron chi connectivity index (χ4n) is 4.55. The van der Waals surface area contributed by atoms with Gasteiger partial charge in [-0.2, -0.15) is 0 Å². The van der Waals surface area contributed by atoms with Gasteiger partial charge in [0.25, 0.3) is 5.91 Å². The zero-order valence-electron chi connectivity index (χ0n) is 21.6. The molecular weight excluding hydrogens is 488 g/mol. The minimum Gasteiger partial charge on any atom is -0.444 e. The molecule has 0 unspecified atom stereocenters. The minimum absolute atomic E-state index is 0.0122. The number of nitrogens with one attached hydrogen (secondary N) is 3. The Balaban J connectivity index is 1.72. The maximum Gasteiger partial charge on any atom is 0.408 e. The maximum absolute atomic E-state index is 13.4. The fraction of sp³-hybridized carbons (Fsp3) is 0.750. The van der Waals surface area contributed by atoms with Gasteiger partial charge in [0.1, 0.15) is 23.2 Å². The zero-order chi connectivity index (χ0) is 27.1. The summed E-state index contributed by atoms with van der Waals surface area (Å²) in [4.78, 5) is 53.4. The van der Waals surface area contributed by atoms with E-state index in [1.807, 2.05) is 6.92 Å². The van der Waals surface area contributed by atoms with E-state index in [0.717, 1.165) is 0 Å². The third-order valence-corrected chi connectivity index (χ3v) is 8.56. The predicted octanol–water partition coefficient (Wildman–Crippen LogP) is 1.20. The number of alkyl carbamates (subject to hydrolysis) is 1. The second-order valence-corrected chi connectivity index (χ2v) is 13.1. The Morgan fingerprint density at radius 2 is 1.86 bits per heavy atom. The lowest BCUT2D eigenvalue weighted by Crippen LogP contribution is -2.58. The van der Waals surface area contributed by atoms with Gasteiger partial charge in [0.15, 0.2) is 0 Å². The lowest BCUT2D eigenvalue weighted by atomic mass is 10.1. The molecule has 0 aromatic heterocycles. The normalized spacial score (nSPS) is 28.6. The molecule has 4 amide bonds. The number of rotatable bonds is 9. The smallest absolute Gasteiger partial charge is 0.408 e. The summed E-state index contributed by atoms with van der Waals surface area (Å²) >= 11 is 0. The molecule has 1 saturated heterocycles. The van der Waals surface area contributed by atoms with Crippen molar-refractivity contribution in [3.8, 4) is 0 Å². The van der Waals surface area contributed by atoms with E-state index in [0.29, 0.717) is 32.2 Å². The second kappa shape index (κ2) is 10.0. The van der Waals surface area contributed by atoms with Crippen LogP contribution in [0.3, 0.4) is 0 Å². The fourth-order valence-corrected chi connectivity index (χ4v) is 5.91. The quantitative estimate of drug-likeness (QED) is 0.382. The van der Waals surface area contributed by atoms with Gasteiger partial charge in [-0.15, -0.1) is 6.58 Å². The van der Waals surface area contributed by atoms with Gasteiger partial charge in [0, 0.05) is 12.5 Å². The number of carbonyl (C=O) groups is 4. The molecule has 12 heteroatoms. The van der Waals surface area contributed by atoms with Crippen molar-refractivity contribution in [2.45, 2.75) is 95.2 Å². The molecule has 5 atom stereocenters. The van der Waals surface area contributed by atoms with Crippen molar-refractivity contribution >= 4 is 33.8 Å². The van der Waals surface area contributed by atoms with Gasteiger partial charge < -0.3 is 20.3 Å². The summed E-state index contributed by atoms with van der Waals surface area (Å²) in [7, 11) is -3.79. The Labute approximate surface area is 212 Å². The molecule has 1 aliphatic heterocycles. The molecule has 0 aromatic rings. The Hall–Kier alpha value is -2.63. The molecule has 36 heavy (non-hydrogen) atoms. The van der Waals surface area contributed by atoms with Crippen LogP contribution in [0.4, 0.5) is 4.79 Å². The van der Waals surface area contributed by atoms with E-state index in [1.165, 1.54) is 11.0 Å². The highest BCUT2D eigenvalue weighted by atomic mass is 32.2. The van der Waals surface area contributed by atoms with E-state index >= 15 is 0 Å². The molecule has 0 spiro atoms. The number of likely N-dealkylation sites (tertiary alicyclic amines) is 1. The predicted molar refractivity (Wildman–Crippen MR) is 132 cm³/mol. The molecule has 3 rings (SSSR count). The number of hydrogen-bond donors (Lipinski definition) is 3. The maximum atomic E-state index is 13.4. The van der Waals surface area contributed by atoms with E-state index < -0.39 is 68.2 Å². The summed E-state index contributed by atoms with van der Waals surface area (Å²) in [5.74, 6) is -2.15. The Kier molecular flexibility index (Phi) is 7.78. The highest BCUT2D eigenvalue weighted by molar-refractivity contribution is 7.91. The molecule has 3 N–H and O–H groups in total. The summed E-state index contributed by atoms with van der Waals surface area (Å²) in [5, 5.41) is 4.74. The standard InChI is InChI=1S/C24H38N4O7S/c1-7-15-12-24(15,21(31)27-36(33,34)16-9-10-16)26-19(29)18-11-14(3)13-28(18)20(30)17(8-2)25-22(32)35-23(4,5)6/h7,14-18H,1,8-13H2,2-6H3,(H,25,32)(H,26,29)(H,27,31)/t14-,15-,17+,18+,24-/m1/s1. The molecule has 3 aliphatic rings. The molecule has 0 bridgehead atoms. The number of nitrogens with zero attached hydrogens (tertiary/aromatic N) is 1. The van der Waals surface area contributed by atoms with E-state index in [1.54, 1.807) is 27.7 Å². The first kappa shape index (κ1) is 27.9. The first-order valence-corrected chi connectivity index (χ1v) is 14.0. The monoisotopic (exact) mass is 526 g/mol. The number of sulfonamides is 1. The minimum atomic E-state index is -3.79. The van der Waals surface area contributed by atoms with Gasteiger partial charge in [-0.05, 0) is 58.8 Å². The largest absolute Gasteiger partial charge is 0.444 e. The van der Waals surface area contributed by atoms with Gasteiger partial charge in [0.05, 0.1) is 5.25 Å². The summed E-state index contributed by atoms with van der Waals surface area (Å²) < 4.78 is 32.0. The van der Waals surface area contributed by atoms with Crippen LogP contribution < -0.4 is 15.4 Å². The SMILES string of the molecule is C=C[C@@H]1C[C@]1(NC(=O)[C@@H]1C[C@@H](C)CN1C(=O)[C@H](CC)NC(=O)OC(C)(C)C)C(=O)NS(=O)(=O)C1CC1. The van der Waals surface area contributed by atoms with Crippen molar-refractivity contribution in [3.05, 3.63) is 12.7 Å². The van der Waals surface area contributed by atoms with E-state index in [2.05, 4.69) is 21.9 Å². The third-order valence-electron chi connectivity index (χ3n) is 6.74. The van der Waals surface area contributed by atoms with E-state index in [-0.39, 0.29) is 12.3 Å². The second-order valence-electron chi connectivity index (χ2n) is 11.1. The average molecular weight is 527 g/mol. The van der Waals surface area contributed by atoms with E-state index in [4.69, 9.17) is 4.74 Å². The molecule has 2 saturated carbocycles. The molecule has 0 aromatic carbocycles. The van der Waals surface area contributed by atoms with Crippen molar-refractivity contribution in [1.82, 2.24) is 20.3 Å². The van der Waals surface area contributed by atoms with Crippen molar-refractivity contribution in [2.75, 3.05) is 6.54 Å². The highest BCUT2D eigenvalue weighted by Crippen LogP contribution is 2.45. The van der Waals surface area contributed by atoms with Gasteiger partial charge in [-0.1, -0.05) is 19.9 Å². The molecule has 0 radical (unpaired) electrons. The van der Waals surface area contributed by atoms with Crippen LogP contribution in [-0.4, -0.2) is 72.2 Å². The Morgan fingerprint density at radius 1 is 1.22 bits per heavy atom. The van der Waals surface area contributed by atoms with Gasteiger partial charge in [-0.25, -0.2) is 13.2 Å². The van der Waals surface area contributed by atoms with Crippen LogP contribution in [0, 0.1) is 11.8 Å². The Bertz CT molecular complexity index is 1030. The molecule has 2 aliphatic carbocycles. The first-order chi connectivity index (χ1) is 16.6. The summed E-state index contributed by atoms with van der Waals surface area (Å²) in [6.45, 7) is 12.8. The summed E-state index contributed by atoms with van der Waals surface area (Å²) in [6.07, 6.45) is 2.68. The number of amides is 4. The molecule has 1 heterocycles. The van der Waals surface area contributed by atoms with Crippen molar-refractivity contribution in [2.24, 2.45) is 11.8 Å². The number of carbonyl (C=O) groups excluding carboxylic acids is 4. The lowest BCUT2D eigenvalue weighted by molar-refractivity contribution is -0.141. The molecular formula is C24H38N4O7S. The average Bonchev–Trinajstić information content (AvgIpc) is 3.67. The van der Waals surface area contributed by atoms with Crippen molar-refractivity contribution in [3.63, 3.8) is 0 Å². The summed E-state index contributed by atoms with van der Waals surface area (Å²) in [6, 6.07) is -1.75. The van der Waals surface area contributed by atoms with Crippen molar-refractivity contribution in [1.29, 1.82) is 0 Å². The van der Waals surface area contributed by atoms with Gasteiger partial charge in [0.2, 0.25) is 21.8 Å². The molecule has 11 nitrogen and oxygen atoms in total. The topological polar surface area (TPSA) is 151 Å². The van der Waals surface area contributed by atoms with Gasteiger partial charge in [-0.3, -0.25) is 19.1 Å². The Morgan fingerprint density at radius 3 is 2.36 bits per heavy atom. The third kappa shape index (κ3) is 6.19. The van der Waals surface area contributed by atoms with Crippen molar-refractivity contribution < 1.29 is 32.3 Å². The highest BCUT2D eigenvalue weighted by Gasteiger charge is 2.61. The molecule has 202 valence electrons. The van der Waals surface area contributed by atoms with E-state index in [9.17, 15) is 27.6 Å². The zero-order valence-corrected chi connectivity index (χ0v) is 22.4. The molecule has 3 fully saturated rings. The number of ether oxygens (including phenoxy) is 1. The van der Waals surface area contributed by atoms with Gasteiger partial charge >= 0.3 is 6.09 Å². The number of hydrogen-bond acceptors (Lipinski definition) is 7. The van der Waals surface area contributed by atoms with Crippen LogP contribution in [0.15, 0.2) is 12.7 Å². The van der Waals surface area contributed by atoms with Crippen LogP contribution in [0.2, 0.25) is 0 Å². The van der Waals surface area contributed by atoms with Crippen LogP contribution in [0.5, 0.6) is 0 Å². The van der Waals surface area contributed by atoms with Crippen LogP contribution in [0.25, 0.3) is 0 Å². The van der Waals surface area contributed by atoms with Crippen LogP contribution in [-0.2, 0) is 29.1 Å². The summed E-state index contributed by atoms with van der Waals surface area (Å²) in [5.41, 5.74) is -2.15. The first-order valence-electron chi connectivity index (χ1n) is 12.4. The lowest BCUT2D eigenvalue weighted by Gasteiger charge is -2.30. The van der Waals surface area contributed by atoms with Crippen LogP contribution >= 0.6 is 0 Å².